The summed E-state index contributed by atoms with van der Waals surface area (Å²) < 4.78 is 0. The molecule has 0 radical (unpaired) electrons. The minimum absolute atomic E-state index is 0.366. The molecule has 1 unspecified atom stereocenters. The number of benzene rings is 1. The van der Waals surface area contributed by atoms with Gasteiger partial charge in [0, 0.05) is 16.7 Å². The van der Waals surface area contributed by atoms with Crippen LogP contribution in [0.2, 0.25) is 0 Å². The molecule has 1 atom stereocenters. The molecule has 0 saturated carbocycles. The van der Waals surface area contributed by atoms with Gasteiger partial charge in [-0.15, -0.1) is 5.10 Å². The highest BCUT2D eigenvalue weighted by Gasteiger charge is 2.12. The molecular weight excluding hydrogens is 202 g/mol. The van der Waals surface area contributed by atoms with Crippen LogP contribution in [0, 0.1) is 0 Å². The van der Waals surface area contributed by atoms with E-state index in [9.17, 15) is 0 Å². The van der Waals surface area contributed by atoms with E-state index >= 15 is 0 Å². The van der Waals surface area contributed by atoms with Crippen LogP contribution in [0.25, 0.3) is 10.8 Å². The van der Waals surface area contributed by atoms with Gasteiger partial charge in [-0.25, -0.2) is 0 Å². The van der Waals surface area contributed by atoms with Gasteiger partial charge < -0.3 is 0 Å². The molecule has 2 rings (SSSR count). The van der Waals surface area contributed by atoms with Gasteiger partial charge in [-0.3, -0.25) is 10.7 Å². The molecule has 1 aromatic heterocycles. The maximum absolute atomic E-state index is 8.97. The van der Waals surface area contributed by atoms with E-state index in [-0.39, 0.29) is 0 Å². The van der Waals surface area contributed by atoms with Crippen LogP contribution >= 0.6 is 0 Å². The second-order valence-corrected chi connectivity index (χ2v) is 3.90. The van der Waals surface area contributed by atoms with Crippen molar-refractivity contribution in [2.75, 3.05) is 5.48 Å². The number of anilines is 1. The zero-order valence-electron chi connectivity index (χ0n) is 9.44. The van der Waals surface area contributed by atoms with Crippen LogP contribution in [-0.4, -0.2) is 15.4 Å². The largest absolute Gasteiger partial charge is 0.290 e. The van der Waals surface area contributed by atoms with Gasteiger partial charge in [-0.2, -0.15) is 5.10 Å². The quantitative estimate of drug-likeness (QED) is 0.776. The Morgan fingerprint density at radius 2 is 1.94 bits per heavy atom. The van der Waals surface area contributed by atoms with Crippen molar-refractivity contribution >= 4 is 16.6 Å². The number of fused-ring (bicyclic) bond motifs is 1. The summed E-state index contributed by atoms with van der Waals surface area (Å²) in [5.41, 5.74) is 3.06. The minimum atomic E-state index is 0.366. The highest BCUT2D eigenvalue weighted by Crippen LogP contribution is 2.28. The van der Waals surface area contributed by atoms with Gasteiger partial charge in [0.05, 0.1) is 5.69 Å². The first-order valence-electron chi connectivity index (χ1n) is 5.43. The third kappa shape index (κ3) is 1.72. The van der Waals surface area contributed by atoms with Crippen molar-refractivity contribution in [3.63, 3.8) is 0 Å². The third-order valence-electron chi connectivity index (χ3n) is 2.90. The van der Waals surface area contributed by atoms with E-state index in [0.29, 0.717) is 11.7 Å². The van der Waals surface area contributed by atoms with E-state index in [1.807, 2.05) is 24.3 Å². The Balaban J connectivity index is 2.69. The Bertz CT molecular complexity index is 499. The molecule has 4 nitrogen and oxygen atoms in total. The fourth-order valence-corrected chi connectivity index (χ4v) is 1.76. The predicted octanol–water partition coefficient (Wildman–Crippen LogP) is 2.94. The summed E-state index contributed by atoms with van der Waals surface area (Å²) in [7, 11) is 0. The average molecular weight is 217 g/mol. The van der Waals surface area contributed by atoms with Crippen molar-refractivity contribution in [2.24, 2.45) is 0 Å². The van der Waals surface area contributed by atoms with Crippen LogP contribution in [0.15, 0.2) is 24.3 Å². The Kier molecular flexibility index (Phi) is 3.01. The number of hydrogen-bond donors (Lipinski definition) is 2. The fraction of sp³-hybridized carbons (Fsp3) is 0.333. The number of hydrogen-bond acceptors (Lipinski definition) is 4. The van der Waals surface area contributed by atoms with Gasteiger partial charge in [0.25, 0.3) is 0 Å². The van der Waals surface area contributed by atoms with Crippen molar-refractivity contribution < 1.29 is 5.21 Å². The van der Waals surface area contributed by atoms with Gasteiger partial charge >= 0.3 is 0 Å². The Hall–Kier alpha value is -1.68. The molecular formula is C12H15N3O. The van der Waals surface area contributed by atoms with Crippen LogP contribution in [0.4, 0.5) is 5.82 Å². The molecule has 1 heterocycles. The molecule has 1 aromatic carbocycles. The molecule has 0 fully saturated rings. The van der Waals surface area contributed by atoms with Gasteiger partial charge in [-0.05, 0) is 6.42 Å². The molecule has 0 saturated heterocycles. The first-order chi connectivity index (χ1) is 7.77. The predicted molar refractivity (Wildman–Crippen MR) is 63.7 cm³/mol. The summed E-state index contributed by atoms with van der Waals surface area (Å²) in [6, 6.07) is 7.82. The maximum Gasteiger partial charge on any atom is 0.180 e. The monoisotopic (exact) mass is 217 g/mol. The van der Waals surface area contributed by atoms with Crippen molar-refractivity contribution in [2.45, 2.75) is 26.2 Å². The smallest absolute Gasteiger partial charge is 0.180 e. The zero-order valence-corrected chi connectivity index (χ0v) is 9.44. The molecule has 0 aliphatic heterocycles. The molecule has 2 N–H and O–H groups in total. The SMILES string of the molecule is CCC(C)c1nnc(NO)c2ccccc12. The number of nitrogens with zero attached hydrogens (tertiary/aromatic N) is 2. The molecule has 16 heavy (non-hydrogen) atoms. The van der Waals surface area contributed by atoms with Crippen molar-refractivity contribution in [3.8, 4) is 0 Å². The van der Waals surface area contributed by atoms with E-state index in [1.165, 1.54) is 0 Å². The van der Waals surface area contributed by atoms with Crippen LogP contribution in [0.5, 0.6) is 0 Å². The molecule has 0 bridgehead atoms. The number of aromatic nitrogens is 2. The lowest BCUT2D eigenvalue weighted by molar-refractivity contribution is 0.386. The van der Waals surface area contributed by atoms with Crippen LogP contribution < -0.4 is 5.48 Å². The van der Waals surface area contributed by atoms with Crippen molar-refractivity contribution in [3.05, 3.63) is 30.0 Å². The van der Waals surface area contributed by atoms with Gasteiger partial charge in [0.1, 0.15) is 0 Å². The topological polar surface area (TPSA) is 58.0 Å². The average Bonchev–Trinajstić information content (AvgIpc) is 2.36. The van der Waals surface area contributed by atoms with E-state index in [4.69, 9.17) is 5.21 Å². The fourth-order valence-electron chi connectivity index (χ4n) is 1.76. The molecule has 0 aliphatic carbocycles. The Labute approximate surface area is 94.3 Å². The third-order valence-corrected chi connectivity index (χ3v) is 2.90. The standard InChI is InChI=1S/C12H15N3O/c1-3-8(2)11-9-6-4-5-7-10(9)12(15-16)14-13-11/h4-8,16H,3H2,1-2H3,(H,14,15). The van der Waals surface area contributed by atoms with E-state index in [0.717, 1.165) is 22.9 Å². The lowest BCUT2D eigenvalue weighted by Gasteiger charge is -2.12. The highest BCUT2D eigenvalue weighted by molar-refractivity contribution is 5.92. The molecule has 2 aromatic rings. The first-order valence-corrected chi connectivity index (χ1v) is 5.43. The maximum atomic E-state index is 8.97. The van der Waals surface area contributed by atoms with Gasteiger partial charge in [0.15, 0.2) is 5.82 Å². The van der Waals surface area contributed by atoms with E-state index in [1.54, 1.807) is 0 Å². The lowest BCUT2D eigenvalue weighted by atomic mass is 9.99. The first kappa shape index (κ1) is 10.8. The van der Waals surface area contributed by atoms with Crippen molar-refractivity contribution in [1.29, 1.82) is 0 Å². The molecule has 0 aliphatic rings. The van der Waals surface area contributed by atoms with E-state index in [2.05, 4.69) is 29.5 Å². The zero-order chi connectivity index (χ0) is 11.5. The van der Waals surface area contributed by atoms with Crippen LogP contribution in [-0.2, 0) is 0 Å². The summed E-state index contributed by atoms with van der Waals surface area (Å²) in [4.78, 5) is 0. The second-order valence-electron chi connectivity index (χ2n) is 3.90. The Morgan fingerprint density at radius 1 is 1.25 bits per heavy atom. The van der Waals surface area contributed by atoms with Crippen molar-refractivity contribution in [1.82, 2.24) is 10.2 Å². The second kappa shape index (κ2) is 4.45. The number of nitrogens with one attached hydrogen (secondary N) is 1. The van der Waals surface area contributed by atoms with Gasteiger partial charge in [-0.1, -0.05) is 38.1 Å². The summed E-state index contributed by atoms with van der Waals surface area (Å²) in [5, 5.41) is 19.1. The van der Waals surface area contributed by atoms with Crippen LogP contribution in [0.3, 0.4) is 0 Å². The lowest BCUT2D eigenvalue weighted by Crippen LogP contribution is -2.03. The molecule has 4 heteroatoms. The molecule has 84 valence electrons. The van der Waals surface area contributed by atoms with Crippen LogP contribution in [0.1, 0.15) is 31.9 Å². The minimum Gasteiger partial charge on any atom is -0.290 e. The van der Waals surface area contributed by atoms with E-state index < -0.39 is 0 Å². The van der Waals surface area contributed by atoms with Gasteiger partial charge in [0.2, 0.25) is 0 Å². The summed E-state index contributed by atoms with van der Waals surface area (Å²) in [5.74, 6) is 0.771. The highest BCUT2D eigenvalue weighted by atomic mass is 16.5. The molecule has 0 spiro atoms. The summed E-state index contributed by atoms with van der Waals surface area (Å²) >= 11 is 0. The molecule has 0 amide bonds. The Morgan fingerprint density at radius 3 is 2.56 bits per heavy atom. The normalized spacial score (nSPS) is 12.7. The summed E-state index contributed by atoms with van der Waals surface area (Å²) in [6.45, 7) is 4.25. The summed E-state index contributed by atoms with van der Waals surface area (Å²) in [6.07, 6.45) is 1.02. The number of rotatable bonds is 3.